The third-order valence-corrected chi connectivity index (χ3v) is 2.76. The van der Waals surface area contributed by atoms with E-state index in [0.717, 1.165) is 0 Å². The van der Waals surface area contributed by atoms with Gasteiger partial charge in [-0.1, -0.05) is 0 Å². The number of alkyl halides is 1. The highest BCUT2D eigenvalue weighted by Crippen LogP contribution is 2.24. The van der Waals surface area contributed by atoms with Crippen molar-refractivity contribution < 1.29 is 9.90 Å². The molecule has 14 heavy (non-hydrogen) atoms. The maximum Gasteiger partial charge on any atom is 0.181 e. The summed E-state index contributed by atoms with van der Waals surface area (Å²) < 4.78 is 0.622. The highest BCUT2D eigenvalue weighted by Gasteiger charge is 2.13. The van der Waals surface area contributed by atoms with E-state index in [1.165, 1.54) is 12.1 Å². The van der Waals surface area contributed by atoms with Gasteiger partial charge < -0.3 is 5.11 Å². The molecule has 0 spiro atoms. The molecule has 0 atom stereocenters. The summed E-state index contributed by atoms with van der Waals surface area (Å²) in [7, 11) is 0. The van der Waals surface area contributed by atoms with Gasteiger partial charge in [-0.15, -0.1) is 11.6 Å². The molecule has 1 aromatic carbocycles. The van der Waals surface area contributed by atoms with Crippen LogP contribution in [0.4, 0.5) is 0 Å². The van der Waals surface area contributed by atoms with E-state index < -0.39 is 0 Å². The number of carbonyl (C=O) groups is 1. The maximum absolute atomic E-state index is 11.2. The largest absolute Gasteiger partial charge is 0.507 e. The molecular formula is C9H5ClINO2. The normalized spacial score (nSPS) is 9.50. The Morgan fingerprint density at radius 2 is 2.29 bits per heavy atom. The fourth-order valence-corrected chi connectivity index (χ4v) is 1.67. The van der Waals surface area contributed by atoms with Crippen LogP contribution >= 0.6 is 34.2 Å². The Bertz CT molecular complexity index is 426. The summed E-state index contributed by atoms with van der Waals surface area (Å²) >= 11 is 7.28. The van der Waals surface area contributed by atoms with Gasteiger partial charge >= 0.3 is 0 Å². The first kappa shape index (κ1) is 11.3. The van der Waals surface area contributed by atoms with E-state index in [9.17, 15) is 9.90 Å². The molecular weight excluding hydrogens is 316 g/mol. The van der Waals surface area contributed by atoms with Crippen LogP contribution in [0.1, 0.15) is 15.9 Å². The highest BCUT2D eigenvalue weighted by molar-refractivity contribution is 14.1. The molecule has 0 heterocycles. The predicted octanol–water partition coefficient (Wildman–Crippen LogP) is 2.29. The summed E-state index contributed by atoms with van der Waals surface area (Å²) in [6.07, 6.45) is 0. The van der Waals surface area contributed by atoms with Crippen LogP contribution in [0.3, 0.4) is 0 Å². The van der Waals surface area contributed by atoms with Gasteiger partial charge in [0.25, 0.3) is 0 Å². The van der Waals surface area contributed by atoms with E-state index in [2.05, 4.69) is 0 Å². The number of hydrogen-bond acceptors (Lipinski definition) is 3. The zero-order valence-corrected chi connectivity index (χ0v) is 9.83. The van der Waals surface area contributed by atoms with Crippen LogP contribution in [0.5, 0.6) is 5.75 Å². The number of aromatic hydroxyl groups is 1. The molecule has 0 aliphatic heterocycles. The molecule has 0 radical (unpaired) electrons. The molecule has 0 aliphatic rings. The molecule has 1 rings (SSSR count). The van der Waals surface area contributed by atoms with Gasteiger partial charge in [0, 0.05) is 3.57 Å². The molecule has 72 valence electrons. The lowest BCUT2D eigenvalue weighted by Gasteiger charge is -2.03. The average Bonchev–Trinajstić information content (AvgIpc) is 2.19. The SMILES string of the molecule is N#Cc1cc(O)c(C(=O)CCl)cc1I. The fraction of sp³-hybridized carbons (Fsp3) is 0.111. The fourth-order valence-electron chi connectivity index (χ4n) is 0.943. The number of rotatable bonds is 2. The molecule has 0 saturated carbocycles. The summed E-state index contributed by atoms with van der Waals surface area (Å²) in [5.41, 5.74) is 0.498. The van der Waals surface area contributed by atoms with Gasteiger partial charge in [-0.25, -0.2) is 0 Å². The Labute approximate surface area is 99.4 Å². The Hall–Kier alpha value is -0.800. The molecule has 0 aromatic heterocycles. The minimum absolute atomic E-state index is 0.156. The number of phenolic OH excluding ortho intramolecular Hbond substituents is 1. The van der Waals surface area contributed by atoms with Gasteiger partial charge in [0.05, 0.1) is 17.0 Å². The number of carbonyl (C=O) groups excluding carboxylic acids is 1. The number of Topliss-reactive ketones (excluding diaryl/α,β-unsaturated/α-hetero) is 1. The van der Waals surface area contributed by atoms with Crippen molar-refractivity contribution in [2.45, 2.75) is 0 Å². The molecule has 0 fully saturated rings. The lowest BCUT2D eigenvalue weighted by atomic mass is 10.1. The maximum atomic E-state index is 11.2. The third kappa shape index (κ3) is 2.16. The summed E-state index contributed by atoms with van der Waals surface area (Å²) in [6, 6.07) is 4.63. The predicted molar refractivity (Wildman–Crippen MR) is 60.6 cm³/mol. The number of phenols is 1. The molecule has 5 heteroatoms. The van der Waals surface area contributed by atoms with E-state index in [1.807, 2.05) is 28.7 Å². The highest BCUT2D eigenvalue weighted by atomic mass is 127. The lowest BCUT2D eigenvalue weighted by Crippen LogP contribution is -2.02. The second-order valence-corrected chi connectivity index (χ2v) is 3.95. The summed E-state index contributed by atoms with van der Waals surface area (Å²) in [5.74, 6) is -0.741. The van der Waals surface area contributed by atoms with Crippen molar-refractivity contribution in [2.24, 2.45) is 0 Å². The van der Waals surface area contributed by atoms with E-state index in [1.54, 1.807) is 0 Å². The van der Waals surface area contributed by atoms with Gasteiger partial charge in [0.15, 0.2) is 5.78 Å². The molecule has 3 nitrogen and oxygen atoms in total. The molecule has 0 unspecified atom stereocenters. The number of nitriles is 1. The summed E-state index contributed by atoms with van der Waals surface area (Å²) in [6.45, 7) is 0. The first-order valence-electron chi connectivity index (χ1n) is 3.62. The third-order valence-electron chi connectivity index (χ3n) is 1.63. The first-order valence-corrected chi connectivity index (χ1v) is 5.23. The van der Waals surface area contributed by atoms with Gasteiger partial charge in [0.2, 0.25) is 0 Å². The van der Waals surface area contributed by atoms with E-state index in [4.69, 9.17) is 16.9 Å². The number of hydrogen-bond donors (Lipinski definition) is 1. The minimum Gasteiger partial charge on any atom is -0.507 e. The van der Waals surface area contributed by atoms with Crippen molar-refractivity contribution in [1.82, 2.24) is 0 Å². The Kier molecular flexibility index (Phi) is 3.72. The summed E-state index contributed by atoms with van der Waals surface area (Å²) in [4.78, 5) is 11.2. The monoisotopic (exact) mass is 321 g/mol. The number of nitrogens with zero attached hydrogens (tertiary/aromatic N) is 1. The number of ketones is 1. The van der Waals surface area contributed by atoms with E-state index >= 15 is 0 Å². The first-order chi connectivity index (χ1) is 6.60. The second-order valence-electron chi connectivity index (χ2n) is 2.52. The Morgan fingerprint density at radius 3 is 2.79 bits per heavy atom. The molecule has 1 N–H and O–H groups in total. The molecule has 0 bridgehead atoms. The van der Waals surface area contributed by atoms with Crippen molar-refractivity contribution in [1.29, 1.82) is 5.26 Å². The van der Waals surface area contributed by atoms with Gasteiger partial charge in [0.1, 0.15) is 11.8 Å². The van der Waals surface area contributed by atoms with Crippen molar-refractivity contribution in [3.8, 4) is 11.8 Å². The number of benzene rings is 1. The topological polar surface area (TPSA) is 61.1 Å². The van der Waals surface area contributed by atoms with Crippen LogP contribution in [0.2, 0.25) is 0 Å². The van der Waals surface area contributed by atoms with Crippen molar-refractivity contribution in [2.75, 3.05) is 5.88 Å². The molecule has 0 saturated heterocycles. The van der Waals surface area contributed by atoms with E-state index in [-0.39, 0.29) is 23.0 Å². The van der Waals surface area contributed by atoms with Crippen LogP contribution in [0.25, 0.3) is 0 Å². The van der Waals surface area contributed by atoms with Crippen molar-refractivity contribution in [3.05, 3.63) is 26.8 Å². The van der Waals surface area contributed by atoms with Crippen LogP contribution in [0.15, 0.2) is 12.1 Å². The molecule has 0 amide bonds. The summed E-state index contributed by atoms with van der Waals surface area (Å²) in [5, 5.41) is 18.1. The lowest BCUT2D eigenvalue weighted by molar-refractivity contribution is 0.101. The van der Waals surface area contributed by atoms with E-state index in [0.29, 0.717) is 9.13 Å². The standard InChI is InChI=1S/C9H5ClINO2/c10-3-9(14)6-2-7(11)5(4-12)1-8(6)13/h1-2,13H,3H2. The van der Waals surface area contributed by atoms with Gasteiger partial charge in [-0.05, 0) is 34.7 Å². The number of halogens is 2. The smallest absolute Gasteiger partial charge is 0.181 e. The molecule has 0 aliphatic carbocycles. The van der Waals surface area contributed by atoms with Crippen molar-refractivity contribution >= 4 is 40.0 Å². The van der Waals surface area contributed by atoms with Crippen LogP contribution < -0.4 is 0 Å². The second kappa shape index (κ2) is 4.62. The Balaban J connectivity index is 3.30. The zero-order chi connectivity index (χ0) is 10.7. The van der Waals surface area contributed by atoms with Gasteiger partial charge in [-0.2, -0.15) is 5.26 Å². The quantitative estimate of drug-likeness (QED) is 0.516. The van der Waals surface area contributed by atoms with Crippen LogP contribution in [-0.4, -0.2) is 16.8 Å². The average molecular weight is 322 g/mol. The zero-order valence-electron chi connectivity index (χ0n) is 6.92. The van der Waals surface area contributed by atoms with Gasteiger partial charge in [-0.3, -0.25) is 4.79 Å². The minimum atomic E-state index is -0.355. The van der Waals surface area contributed by atoms with Crippen molar-refractivity contribution in [3.63, 3.8) is 0 Å². The van der Waals surface area contributed by atoms with Crippen LogP contribution in [-0.2, 0) is 0 Å². The van der Waals surface area contributed by atoms with Crippen LogP contribution in [0, 0.1) is 14.9 Å². The molecule has 1 aromatic rings. The Morgan fingerprint density at radius 1 is 1.64 bits per heavy atom.